The van der Waals surface area contributed by atoms with Gasteiger partial charge in [0.05, 0.1) is 73.3 Å². The molecule has 0 spiro atoms. The number of Topliss-reactive ketones (excluding diaryl/α,β-unsaturated/α-hetero) is 3. The highest BCUT2D eigenvalue weighted by Gasteiger charge is 2.28. The Hall–Kier alpha value is -5.43. The van der Waals surface area contributed by atoms with Gasteiger partial charge in [-0.05, 0) is 167 Å². The highest BCUT2D eigenvalue weighted by molar-refractivity contribution is 8.15. The zero-order chi connectivity index (χ0) is 62.8. The molecule has 480 valence electrons. The minimum atomic E-state index is -0.220. The number of aliphatic imine (C=N–C) groups is 4. The number of thiazole rings is 4. The summed E-state index contributed by atoms with van der Waals surface area (Å²) in [5.74, 6) is 7.02. The van der Waals surface area contributed by atoms with Gasteiger partial charge in [0, 0.05) is 29.6 Å². The molecule has 8 aromatic rings. The summed E-state index contributed by atoms with van der Waals surface area (Å²) in [4.78, 5) is 73.0. The van der Waals surface area contributed by atoms with Crippen LogP contribution in [0.3, 0.4) is 0 Å². The summed E-state index contributed by atoms with van der Waals surface area (Å²) in [6.07, 6.45) is 3.68. The predicted octanol–water partition coefficient (Wildman–Crippen LogP) is 11.8. The molecule has 0 radical (unpaired) electrons. The molecular weight excluding hydrogens is 1290 g/mol. The van der Waals surface area contributed by atoms with Crippen molar-refractivity contribution in [3.05, 3.63) is 92.8 Å². The second kappa shape index (κ2) is 35.0. The van der Waals surface area contributed by atoms with Crippen LogP contribution >= 0.6 is 92.4 Å². The van der Waals surface area contributed by atoms with E-state index in [4.69, 9.17) is 30.4 Å². The summed E-state index contributed by atoms with van der Waals surface area (Å²) in [6, 6.07) is 23.6. The predicted molar refractivity (Wildman–Crippen MR) is 385 cm³/mol. The first-order valence-corrected chi connectivity index (χ1v) is 36.5. The van der Waals surface area contributed by atoms with Gasteiger partial charge in [0.1, 0.15) is 81.3 Å². The first-order valence-electron chi connectivity index (χ1n) is 29.3. The molecule has 0 fully saturated rings. The third-order valence-electron chi connectivity index (χ3n) is 13.4. The fourth-order valence-corrected chi connectivity index (χ4v) is 17.2. The number of nitrogens with one attached hydrogen (secondary N) is 1. The van der Waals surface area contributed by atoms with E-state index in [2.05, 4.69) is 77.2 Å². The first-order chi connectivity index (χ1) is 43.1. The molecule has 4 atom stereocenters. The lowest BCUT2D eigenvalue weighted by Crippen LogP contribution is -2.15. The SMILES string of the molecule is C.CC(=O)C1CSC(c2nc3ccc(OCCCN(C)C)cc3s2)=N1.CC(=O)C1CSC(c2nc3ccc(OCCCN)cc3s2)=N1.CNCCCOc1ccc2nc(C3=NC(C(C)=O)CS3)sc2c1.C[C@H]1CSC(c2nc3ccc(OCCCN)cc3s2)=N1. The van der Waals surface area contributed by atoms with Crippen molar-refractivity contribution in [2.75, 3.05) is 96.8 Å². The minimum absolute atomic E-state index is 0. The number of rotatable bonds is 25. The Morgan fingerprint density at radius 3 is 1.08 bits per heavy atom. The van der Waals surface area contributed by atoms with E-state index < -0.39 is 0 Å². The van der Waals surface area contributed by atoms with Crippen LogP contribution in [-0.4, -0.2) is 183 Å². The maximum Gasteiger partial charge on any atom is 0.155 e. The number of ketones is 3. The first kappa shape index (κ1) is 70.4. The number of fused-ring (bicyclic) bond motifs is 4. The van der Waals surface area contributed by atoms with Crippen molar-refractivity contribution in [1.82, 2.24) is 30.2 Å². The second-order valence-electron chi connectivity index (χ2n) is 21.1. The lowest BCUT2D eigenvalue weighted by atomic mass is 10.2. The van der Waals surface area contributed by atoms with Gasteiger partial charge in [-0.25, -0.2) is 19.9 Å². The summed E-state index contributed by atoms with van der Waals surface area (Å²) >= 11 is 13.1. The van der Waals surface area contributed by atoms with Crippen molar-refractivity contribution < 1.29 is 33.3 Å². The topological polar surface area (TPSA) is 256 Å². The van der Waals surface area contributed by atoms with Crippen LogP contribution in [-0.2, 0) is 14.4 Å². The summed E-state index contributed by atoms with van der Waals surface area (Å²) in [6.45, 7) is 12.8. The number of nitrogens with zero attached hydrogens (tertiary/aromatic N) is 9. The number of carbonyl (C=O) groups is 3. The van der Waals surface area contributed by atoms with Gasteiger partial charge in [-0.3, -0.25) is 34.4 Å². The summed E-state index contributed by atoms with van der Waals surface area (Å²) in [5, 5.41) is 10.5. The molecule has 4 aromatic heterocycles. The van der Waals surface area contributed by atoms with Gasteiger partial charge >= 0.3 is 0 Å². The van der Waals surface area contributed by atoms with Crippen molar-refractivity contribution in [2.45, 2.75) is 85.0 Å². The average Bonchev–Trinajstić information content (AvgIpc) is 1.77. The molecule has 0 aliphatic carbocycles. The van der Waals surface area contributed by atoms with E-state index >= 15 is 0 Å². The van der Waals surface area contributed by atoms with Crippen LogP contribution in [0.25, 0.3) is 40.9 Å². The average molecular weight is 1370 g/mol. The van der Waals surface area contributed by atoms with E-state index in [1.54, 1.807) is 113 Å². The van der Waals surface area contributed by atoms with Crippen molar-refractivity contribution >= 4 is 171 Å². The molecule has 0 bridgehead atoms. The van der Waals surface area contributed by atoms with Crippen LogP contribution in [0.2, 0.25) is 0 Å². The van der Waals surface area contributed by atoms with Crippen molar-refractivity contribution in [1.29, 1.82) is 0 Å². The fourth-order valence-electron chi connectivity index (χ4n) is 8.59. The Morgan fingerprint density at radius 2 is 0.800 bits per heavy atom. The second-order valence-corrected chi connectivity index (χ2v) is 29.3. The van der Waals surface area contributed by atoms with Gasteiger partial charge in [-0.15, -0.1) is 92.4 Å². The number of hydrogen-bond donors (Lipinski definition) is 3. The molecule has 19 nitrogen and oxygen atoms in total. The zero-order valence-electron chi connectivity index (χ0n) is 50.9. The van der Waals surface area contributed by atoms with E-state index in [1.165, 1.54) is 0 Å². The van der Waals surface area contributed by atoms with E-state index in [9.17, 15) is 14.4 Å². The molecule has 0 saturated heterocycles. The molecule has 3 unspecified atom stereocenters. The third kappa shape index (κ3) is 20.0. The van der Waals surface area contributed by atoms with Crippen molar-refractivity contribution in [3.8, 4) is 23.0 Å². The normalized spacial score (nSPS) is 17.6. The number of hydrogen-bond acceptors (Lipinski definition) is 27. The molecule has 0 saturated carbocycles. The number of benzene rings is 4. The molecule has 8 heterocycles. The Morgan fingerprint density at radius 1 is 0.489 bits per heavy atom. The van der Waals surface area contributed by atoms with Crippen LogP contribution < -0.4 is 35.7 Å². The maximum atomic E-state index is 11.4. The molecule has 27 heteroatoms. The minimum Gasteiger partial charge on any atom is -0.493 e. The smallest absolute Gasteiger partial charge is 0.155 e. The summed E-state index contributed by atoms with van der Waals surface area (Å²) in [7, 11) is 6.06. The maximum absolute atomic E-state index is 11.4. The van der Waals surface area contributed by atoms with Crippen molar-refractivity contribution in [3.63, 3.8) is 0 Å². The third-order valence-corrected chi connectivity index (χ3v) is 22.4. The Balaban J connectivity index is 0.000000155. The molecule has 4 aromatic carbocycles. The molecule has 0 amide bonds. The van der Waals surface area contributed by atoms with Crippen LogP contribution in [0.5, 0.6) is 23.0 Å². The number of ether oxygens (including phenoxy) is 4. The lowest BCUT2D eigenvalue weighted by molar-refractivity contribution is -0.118. The zero-order valence-corrected chi connectivity index (χ0v) is 57.4. The summed E-state index contributed by atoms with van der Waals surface area (Å²) < 4.78 is 27.3. The highest BCUT2D eigenvalue weighted by atomic mass is 32.2. The van der Waals surface area contributed by atoms with Gasteiger partial charge in [0.15, 0.2) is 17.3 Å². The number of nitrogens with two attached hydrogens (primary N) is 2. The molecule has 4 aliphatic heterocycles. The Kier molecular flexibility index (Phi) is 27.4. The Labute approximate surface area is 559 Å². The van der Waals surface area contributed by atoms with Gasteiger partial charge in [0.25, 0.3) is 0 Å². The van der Waals surface area contributed by atoms with Gasteiger partial charge in [-0.1, -0.05) is 7.43 Å². The molecule has 4 aliphatic rings. The monoisotopic (exact) mass is 1370 g/mol. The summed E-state index contributed by atoms with van der Waals surface area (Å²) in [5.41, 5.74) is 14.8. The standard InChI is InChI=1S/C17H21N3O2S2.C16H19N3O2S2.C15H17N3O2S2.C14H17N3OS2.CH4/c1-11(21)14-10-23-16(19-14)17-18-13-6-5-12(9-15(13)24-17)22-8-4-7-20(2)3;1-10(20)13-9-22-15(19-13)16-18-12-5-4-11(8-14(12)23-16)21-7-3-6-17-2;1-9(19)12-8-21-14(18-12)15-17-11-4-3-10(7-13(11)22-15)20-6-2-5-16;1-9-8-19-13(16-9)14-17-11-4-3-10(7-12(11)20-14)18-6-2-5-15;/h5-6,9,14H,4,7-8,10H2,1-3H3;4-5,8,13,17H,3,6-7,9H2,1-2H3;3-4,7,12H,2,5-6,8,16H2,1H3;3-4,7,9H,2,5-6,8,15H2,1H3;1H4/t;;;9-;/m...0./s1. The molecule has 12 rings (SSSR count). The van der Waals surface area contributed by atoms with E-state index in [0.29, 0.717) is 51.3 Å². The van der Waals surface area contributed by atoms with Crippen LogP contribution in [0.1, 0.15) is 80.8 Å². The number of carbonyl (C=O) groups excluding carboxylic acids is 3. The van der Waals surface area contributed by atoms with E-state index in [0.717, 1.165) is 160 Å². The quantitative estimate of drug-likeness (QED) is 0.0449. The Bertz CT molecular complexity index is 3860. The van der Waals surface area contributed by atoms with Crippen LogP contribution in [0, 0.1) is 0 Å². The molecular formula is C63H78N12O7S8. The lowest BCUT2D eigenvalue weighted by Gasteiger charge is -2.10. The van der Waals surface area contributed by atoms with Crippen LogP contribution in [0.4, 0.5) is 0 Å². The van der Waals surface area contributed by atoms with Crippen LogP contribution in [0.15, 0.2) is 92.8 Å². The highest BCUT2D eigenvalue weighted by Crippen LogP contribution is 2.36. The van der Waals surface area contributed by atoms with Gasteiger partial charge in [-0.2, -0.15) is 0 Å². The van der Waals surface area contributed by atoms with Crippen molar-refractivity contribution in [2.24, 2.45) is 31.4 Å². The van der Waals surface area contributed by atoms with Gasteiger partial charge in [0.2, 0.25) is 0 Å². The van der Waals surface area contributed by atoms with E-state index in [1.807, 2.05) is 73.8 Å². The number of thioether (sulfide) groups is 4. The fraction of sp³-hybridized carbons (Fsp3) is 0.444. The van der Waals surface area contributed by atoms with E-state index in [-0.39, 0.29) is 42.9 Å². The molecule has 90 heavy (non-hydrogen) atoms. The molecule has 5 N–H and O–H groups in total. The number of aromatic nitrogens is 4. The van der Waals surface area contributed by atoms with Gasteiger partial charge < -0.3 is 40.6 Å². The largest absolute Gasteiger partial charge is 0.493 e.